The average molecular weight is 156 g/mol. The van der Waals surface area contributed by atoms with Gasteiger partial charge in [0.2, 0.25) is 0 Å². The van der Waals surface area contributed by atoms with Crippen LogP contribution in [-0.2, 0) is 0 Å². The normalized spacial score (nSPS) is 9.64. The standard InChI is InChI=1S/C7H9FN2O/c1-11-5-3-2-4(8)6(9)7(5)10/h2-3H,9-10H2,1H3. The lowest BCUT2D eigenvalue weighted by atomic mass is 10.2. The first kappa shape index (κ1) is 7.65. The van der Waals surface area contributed by atoms with Crippen molar-refractivity contribution in [2.75, 3.05) is 18.6 Å². The minimum atomic E-state index is -0.525. The number of ether oxygens (including phenoxy) is 1. The summed E-state index contributed by atoms with van der Waals surface area (Å²) < 4.78 is 17.4. The Morgan fingerprint density at radius 3 is 2.45 bits per heavy atom. The summed E-state index contributed by atoms with van der Waals surface area (Å²) in [5, 5.41) is 0. The van der Waals surface area contributed by atoms with Crippen molar-refractivity contribution in [2.24, 2.45) is 0 Å². The van der Waals surface area contributed by atoms with Crippen molar-refractivity contribution in [3.05, 3.63) is 17.9 Å². The molecule has 1 aromatic carbocycles. The third-order valence-electron chi connectivity index (χ3n) is 1.41. The Hall–Kier alpha value is -1.45. The molecule has 0 aromatic heterocycles. The number of benzene rings is 1. The summed E-state index contributed by atoms with van der Waals surface area (Å²) in [4.78, 5) is 0. The fourth-order valence-corrected chi connectivity index (χ4v) is 0.768. The van der Waals surface area contributed by atoms with Gasteiger partial charge in [-0.25, -0.2) is 4.39 Å². The zero-order valence-corrected chi connectivity index (χ0v) is 6.10. The van der Waals surface area contributed by atoms with Gasteiger partial charge < -0.3 is 16.2 Å². The maximum atomic E-state index is 12.6. The smallest absolute Gasteiger partial charge is 0.148 e. The van der Waals surface area contributed by atoms with Crippen molar-refractivity contribution in [3.63, 3.8) is 0 Å². The predicted molar refractivity (Wildman–Crippen MR) is 41.8 cm³/mol. The molecule has 0 saturated heterocycles. The number of methoxy groups -OCH3 is 1. The first-order valence-electron chi connectivity index (χ1n) is 3.04. The third-order valence-corrected chi connectivity index (χ3v) is 1.41. The van der Waals surface area contributed by atoms with E-state index in [1.54, 1.807) is 0 Å². The highest BCUT2D eigenvalue weighted by molar-refractivity contribution is 5.71. The summed E-state index contributed by atoms with van der Waals surface area (Å²) in [6.07, 6.45) is 0. The van der Waals surface area contributed by atoms with Gasteiger partial charge in [0, 0.05) is 0 Å². The lowest BCUT2D eigenvalue weighted by Gasteiger charge is -2.06. The monoisotopic (exact) mass is 156 g/mol. The van der Waals surface area contributed by atoms with Crippen LogP contribution in [0.3, 0.4) is 0 Å². The second-order valence-corrected chi connectivity index (χ2v) is 2.08. The molecule has 0 fully saturated rings. The van der Waals surface area contributed by atoms with Crippen molar-refractivity contribution < 1.29 is 9.13 Å². The fraction of sp³-hybridized carbons (Fsp3) is 0.143. The van der Waals surface area contributed by atoms with Gasteiger partial charge in [-0.3, -0.25) is 0 Å². The molecule has 1 rings (SSSR count). The van der Waals surface area contributed by atoms with E-state index in [1.165, 1.54) is 19.2 Å². The number of nitrogens with two attached hydrogens (primary N) is 2. The van der Waals surface area contributed by atoms with Gasteiger partial charge in [-0.1, -0.05) is 0 Å². The maximum Gasteiger partial charge on any atom is 0.148 e. The van der Waals surface area contributed by atoms with E-state index in [9.17, 15) is 4.39 Å². The first-order chi connectivity index (χ1) is 5.16. The number of nitrogen functional groups attached to an aromatic ring is 2. The zero-order valence-electron chi connectivity index (χ0n) is 6.10. The average Bonchev–Trinajstić information content (AvgIpc) is 2.01. The van der Waals surface area contributed by atoms with Crippen molar-refractivity contribution in [1.29, 1.82) is 0 Å². The van der Waals surface area contributed by atoms with Crippen molar-refractivity contribution >= 4 is 11.4 Å². The molecular weight excluding hydrogens is 147 g/mol. The van der Waals surface area contributed by atoms with Crippen LogP contribution in [-0.4, -0.2) is 7.11 Å². The van der Waals surface area contributed by atoms with E-state index in [-0.39, 0.29) is 11.4 Å². The number of hydrogen-bond donors (Lipinski definition) is 2. The Balaban J connectivity index is 3.25. The molecule has 0 aliphatic rings. The van der Waals surface area contributed by atoms with E-state index < -0.39 is 5.82 Å². The number of hydrogen-bond acceptors (Lipinski definition) is 3. The predicted octanol–water partition coefficient (Wildman–Crippen LogP) is 0.999. The molecule has 0 unspecified atom stereocenters. The molecule has 0 amide bonds. The van der Waals surface area contributed by atoms with Gasteiger partial charge in [0.25, 0.3) is 0 Å². The summed E-state index contributed by atoms with van der Waals surface area (Å²) in [6, 6.07) is 2.64. The van der Waals surface area contributed by atoms with Crippen LogP contribution in [0, 0.1) is 5.82 Å². The molecule has 1 aromatic rings. The van der Waals surface area contributed by atoms with Gasteiger partial charge >= 0.3 is 0 Å². The van der Waals surface area contributed by atoms with Crippen molar-refractivity contribution in [2.45, 2.75) is 0 Å². The van der Waals surface area contributed by atoms with Crippen molar-refractivity contribution in [3.8, 4) is 5.75 Å². The highest BCUT2D eigenvalue weighted by atomic mass is 19.1. The molecule has 0 atom stereocenters. The quantitative estimate of drug-likeness (QED) is 0.596. The Bertz CT molecular complexity index is 275. The Labute approximate surface area is 63.8 Å². The second kappa shape index (κ2) is 2.65. The van der Waals surface area contributed by atoms with E-state index in [0.29, 0.717) is 5.75 Å². The van der Waals surface area contributed by atoms with Crippen LogP contribution in [0.2, 0.25) is 0 Å². The largest absolute Gasteiger partial charge is 0.495 e. The van der Waals surface area contributed by atoms with Gasteiger partial charge in [0.05, 0.1) is 12.8 Å². The Kier molecular flexibility index (Phi) is 1.85. The van der Waals surface area contributed by atoms with Gasteiger partial charge in [-0.05, 0) is 12.1 Å². The SMILES string of the molecule is COc1ccc(F)c(N)c1N. The van der Waals surface area contributed by atoms with Crippen LogP contribution in [0.15, 0.2) is 12.1 Å². The van der Waals surface area contributed by atoms with Crippen LogP contribution >= 0.6 is 0 Å². The zero-order chi connectivity index (χ0) is 8.43. The molecule has 0 saturated carbocycles. The topological polar surface area (TPSA) is 61.3 Å². The Morgan fingerprint density at radius 1 is 1.27 bits per heavy atom. The summed E-state index contributed by atoms with van der Waals surface area (Å²) >= 11 is 0. The molecule has 0 radical (unpaired) electrons. The third kappa shape index (κ3) is 1.19. The highest BCUT2D eigenvalue weighted by Gasteiger charge is 2.06. The molecular formula is C7H9FN2O. The molecule has 11 heavy (non-hydrogen) atoms. The number of halogens is 1. The van der Waals surface area contributed by atoms with Crippen LogP contribution in [0.4, 0.5) is 15.8 Å². The minimum Gasteiger partial charge on any atom is -0.495 e. The summed E-state index contributed by atoms with van der Waals surface area (Å²) in [5.74, 6) is -0.132. The second-order valence-electron chi connectivity index (χ2n) is 2.08. The van der Waals surface area contributed by atoms with E-state index in [1.807, 2.05) is 0 Å². The molecule has 0 aliphatic heterocycles. The summed E-state index contributed by atoms with van der Waals surface area (Å²) in [6.45, 7) is 0. The summed E-state index contributed by atoms with van der Waals surface area (Å²) in [5.41, 5.74) is 10.8. The molecule has 4 heteroatoms. The molecule has 0 heterocycles. The Morgan fingerprint density at radius 2 is 1.91 bits per heavy atom. The van der Waals surface area contributed by atoms with Crippen LogP contribution in [0.1, 0.15) is 0 Å². The fourth-order valence-electron chi connectivity index (χ4n) is 0.768. The molecule has 0 spiro atoms. The molecule has 60 valence electrons. The van der Waals surface area contributed by atoms with Gasteiger partial charge in [-0.2, -0.15) is 0 Å². The van der Waals surface area contributed by atoms with E-state index in [4.69, 9.17) is 16.2 Å². The van der Waals surface area contributed by atoms with Crippen LogP contribution in [0.5, 0.6) is 5.75 Å². The van der Waals surface area contributed by atoms with E-state index in [0.717, 1.165) is 0 Å². The minimum absolute atomic E-state index is 0.0654. The molecule has 0 aliphatic carbocycles. The first-order valence-corrected chi connectivity index (χ1v) is 3.04. The molecule has 0 bridgehead atoms. The molecule has 4 N–H and O–H groups in total. The van der Waals surface area contributed by atoms with Gasteiger partial charge in [-0.15, -0.1) is 0 Å². The van der Waals surface area contributed by atoms with Gasteiger partial charge in [0.15, 0.2) is 0 Å². The van der Waals surface area contributed by atoms with E-state index in [2.05, 4.69) is 0 Å². The maximum absolute atomic E-state index is 12.6. The summed E-state index contributed by atoms with van der Waals surface area (Å²) in [7, 11) is 1.45. The van der Waals surface area contributed by atoms with E-state index >= 15 is 0 Å². The van der Waals surface area contributed by atoms with Gasteiger partial charge in [0.1, 0.15) is 17.3 Å². The van der Waals surface area contributed by atoms with Crippen molar-refractivity contribution in [1.82, 2.24) is 0 Å². The lowest BCUT2D eigenvalue weighted by molar-refractivity contribution is 0.416. The molecule has 3 nitrogen and oxygen atoms in total. The lowest BCUT2D eigenvalue weighted by Crippen LogP contribution is -2.00. The number of rotatable bonds is 1. The van der Waals surface area contributed by atoms with Crippen LogP contribution in [0.25, 0.3) is 0 Å². The highest BCUT2D eigenvalue weighted by Crippen LogP contribution is 2.28. The van der Waals surface area contributed by atoms with Crippen LogP contribution < -0.4 is 16.2 Å². The number of anilines is 2.